The Labute approximate surface area is 136 Å². The Morgan fingerprint density at radius 2 is 1.78 bits per heavy atom. The van der Waals surface area contributed by atoms with E-state index < -0.39 is 5.60 Å². The summed E-state index contributed by atoms with van der Waals surface area (Å²) in [4.78, 5) is 0. The predicted octanol–water partition coefficient (Wildman–Crippen LogP) is 3.96. The highest BCUT2D eigenvalue weighted by Crippen LogP contribution is 2.32. The summed E-state index contributed by atoms with van der Waals surface area (Å²) in [6, 6.07) is 10.2. The van der Waals surface area contributed by atoms with Gasteiger partial charge in [0, 0.05) is 19.1 Å². The van der Waals surface area contributed by atoms with Crippen LogP contribution in [0.25, 0.3) is 11.1 Å². The van der Waals surface area contributed by atoms with Crippen LogP contribution in [0.4, 0.5) is 4.39 Å². The van der Waals surface area contributed by atoms with E-state index in [2.05, 4.69) is 0 Å². The van der Waals surface area contributed by atoms with Gasteiger partial charge in [-0.3, -0.25) is 0 Å². The number of halogens is 1. The molecule has 0 aliphatic rings. The Kier molecular flexibility index (Phi) is 5.39. The molecular weight excluding hydrogens is 295 g/mol. The fourth-order valence-corrected chi connectivity index (χ4v) is 2.52. The van der Waals surface area contributed by atoms with Crippen LogP contribution >= 0.6 is 0 Å². The molecule has 1 N–H and O–H groups in total. The van der Waals surface area contributed by atoms with Crippen LogP contribution in [-0.4, -0.2) is 24.9 Å². The van der Waals surface area contributed by atoms with Crippen molar-refractivity contribution in [3.05, 3.63) is 53.3 Å². The smallest absolute Gasteiger partial charge is 0.131 e. The molecule has 0 aliphatic carbocycles. The number of benzene rings is 2. The lowest BCUT2D eigenvalue weighted by Gasteiger charge is -2.25. The molecule has 0 fully saturated rings. The minimum atomic E-state index is -0.391. The number of methoxy groups -OCH3 is 2. The lowest BCUT2D eigenvalue weighted by atomic mass is 9.90. The van der Waals surface area contributed by atoms with Gasteiger partial charge in [0.05, 0.1) is 19.3 Å². The largest absolute Gasteiger partial charge is 0.497 e. The fraction of sp³-hybridized carbons (Fsp3) is 0.368. The lowest BCUT2D eigenvalue weighted by Crippen LogP contribution is -2.25. The van der Waals surface area contributed by atoms with E-state index >= 15 is 0 Å². The van der Waals surface area contributed by atoms with Crippen LogP contribution in [0.2, 0.25) is 0 Å². The first-order valence-electron chi connectivity index (χ1n) is 7.52. The Morgan fingerprint density at radius 3 is 2.39 bits per heavy atom. The van der Waals surface area contributed by atoms with Gasteiger partial charge in [0.25, 0.3) is 0 Å². The number of aliphatic hydroxyl groups excluding tert-OH is 1. The molecule has 0 heterocycles. The summed E-state index contributed by atoms with van der Waals surface area (Å²) in [6.45, 7) is 3.90. The van der Waals surface area contributed by atoms with Gasteiger partial charge in [-0.25, -0.2) is 4.39 Å². The van der Waals surface area contributed by atoms with Gasteiger partial charge >= 0.3 is 0 Å². The van der Waals surface area contributed by atoms with Crippen LogP contribution in [0.15, 0.2) is 36.4 Å². The first-order valence-corrected chi connectivity index (χ1v) is 7.52. The molecule has 0 radical (unpaired) electrons. The second-order valence-corrected chi connectivity index (χ2v) is 6.14. The first-order chi connectivity index (χ1) is 10.9. The molecule has 2 aromatic carbocycles. The maximum absolute atomic E-state index is 14.3. The third-order valence-corrected chi connectivity index (χ3v) is 3.98. The molecule has 23 heavy (non-hydrogen) atoms. The molecule has 124 valence electrons. The molecule has 0 spiro atoms. The van der Waals surface area contributed by atoms with Crippen molar-refractivity contribution in [1.29, 1.82) is 0 Å². The molecule has 0 aliphatic heterocycles. The third kappa shape index (κ3) is 4.09. The van der Waals surface area contributed by atoms with Gasteiger partial charge in [-0.05, 0) is 48.7 Å². The molecule has 0 aromatic heterocycles. The van der Waals surface area contributed by atoms with Gasteiger partial charge < -0.3 is 14.6 Å². The highest BCUT2D eigenvalue weighted by Gasteiger charge is 2.21. The number of ether oxygens (including phenoxy) is 2. The second kappa shape index (κ2) is 7.11. The summed E-state index contributed by atoms with van der Waals surface area (Å²) in [5.74, 6) is 0.295. The molecule has 0 saturated heterocycles. The van der Waals surface area contributed by atoms with E-state index in [4.69, 9.17) is 9.47 Å². The van der Waals surface area contributed by atoms with Crippen molar-refractivity contribution < 1.29 is 19.0 Å². The second-order valence-electron chi connectivity index (χ2n) is 6.14. The van der Waals surface area contributed by atoms with Crippen molar-refractivity contribution in [2.75, 3.05) is 14.2 Å². The van der Waals surface area contributed by atoms with Crippen molar-refractivity contribution in [2.45, 2.75) is 32.5 Å². The summed E-state index contributed by atoms with van der Waals surface area (Å²) in [5.41, 5.74) is 2.59. The van der Waals surface area contributed by atoms with Crippen molar-refractivity contribution in [3.63, 3.8) is 0 Å². The summed E-state index contributed by atoms with van der Waals surface area (Å²) >= 11 is 0. The van der Waals surface area contributed by atoms with Crippen molar-refractivity contribution in [3.8, 4) is 16.9 Å². The Balaban J connectivity index is 2.57. The number of hydrogen-bond donors (Lipinski definition) is 1. The van der Waals surface area contributed by atoms with E-state index in [0.717, 1.165) is 16.7 Å². The van der Waals surface area contributed by atoms with E-state index in [1.807, 2.05) is 26.0 Å². The van der Waals surface area contributed by atoms with E-state index in [9.17, 15) is 9.50 Å². The van der Waals surface area contributed by atoms with Crippen LogP contribution in [0, 0.1) is 5.82 Å². The number of hydrogen-bond acceptors (Lipinski definition) is 3. The highest BCUT2D eigenvalue weighted by atomic mass is 19.1. The van der Waals surface area contributed by atoms with Crippen molar-refractivity contribution in [1.82, 2.24) is 0 Å². The van der Waals surface area contributed by atoms with Crippen LogP contribution in [-0.2, 0) is 17.8 Å². The minimum Gasteiger partial charge on any atom is -0.497 e. The summed E-state index contributed by atoms with van der Waals surface area (Å²) in [6.07, 6.45) is 0.601. The summed E-state index contributed by atoms with van der Waals surface area (Å²) in [5, 5.41) is 9.39. The van der Waals surface area contributed by atoms with E-state index in [0.29, 0.717) is 17.7 Å². The molecule has 2 rings (SSSR count). The monoisotopic (exact) mass is 318 g/mol. The summed E-state index contributed by atoms with van der Waals surface area (Å²) < 4.78 is 25.0. The van der Waals surface area contributed by atoms with Gasteiger partial charge in [0.1, 0.15) is 11.6 Å². The van der Waals surface area contributed by atoms with E-state index in [-0.39, 0.29) is 12.4 Å². The average molecular weight is 318 g/mol. The summed E-state index contributed by atoms with van der Waals surface area (Å²) in [7, 11) is 3.21. The highest BCUT2D eigenvalue weighted by molar-refractivity contribution is 5.70. The molecule has 0 unspecified atom stereocenters. The molecule has 0 amide bonds. The minimum absolute atomic E-state index is 0.0543. The van der Waals surface area contributed by atoms with Gasteiger partial charge in [-0.15, -0.1) is 0 Å². The van der Waals surface area contributed by atoms with Crippen molar-refractivity contribution >= 4 is 0 Å². The normalized spacial score (nSPS) is 11.6. The molecule has 0 atom stereocenters. The zero-order valence-electron chi connectivity index (χ0n) is 14.0. The zero-order valence-corrected chi connectivity index (χ0v) is 14.0. The van der Waals surface area contributed by atoms with Gasteiger partial charge in [0.15, 0.2) is 0 Å². The molecule has 2 aromatic rings. The van der Waals surface area contributed by atoms with E-state index in [1.54, 1.807) is 32.4 Å². The predicted molar refractivity (Wildman–Crippen MR) is 89.1 cm³/mol. The quantitative estimate of drug-likeness (QED) is 0.876. The van der Waals surface area contributed by atoms with Gasteiger partial charge in [-0.2, -0.15) is 0 Å². The lowest BCUT2D eigenvalue weighted by molar-refractivity contribution is 0.0233. The molecular formula is C19H23FO3. The number of rotatable bonds is 6. The Morgan fingerprint density at radius 1 is 1.04 bits per heavy atom. The Bertz CT molecular complexity index is 680. The maximum atomic E-state index is 14.3. The van der Waals surface area contributed by atoms with Crippen LogP contribution in [0.3, 0.4) is 0 Å². The molecule has 4 heteroatoms. The first kappa shape index (κ1) is 17.4. The maximum Gasteiger partial charge on any atom is 0.131 e. The zero-order chi connectivity index (χ0) is 17.0. The van der Waals surface area contributed by atoms with Crippen LogP contribution < -0.4 is 4.74 Å². The SMILES string of the molecule is COc1ccc(F)c(-c2ccc(CO)cc2CC(C)(C)OC)c1. The van der Waals surface area contributed by atoms with Crippen LogP contribution in [0.1, 0.15) is 25.0 Å². The molecule has 0 saturated carbocycles. The van der Waals surface area contributed by atoms with E-state index in [1.165, 1.54) is 6.07 Å². The van der Waals surface area contributed by atoms with Crippen LogP contribution in [0.5, 0.6) is 5.75 Å². The third-order valence-electron chi connectivity index (χ3n) is 3.98. The van der Waals surface area contributed by atoms with Gasteiger partial charge in [0.2, 0.25) is 0 Å². The molecule has 0 bridgehead atoms. The fourth-order valence-electron chi connectivity index (χ4n) is 2.52. The molecule has 3 nitrogen and oxygen atoms in total. The van der Waals surface area contributed by atoms with Gasteiger partial charge in [-0.1, -0.05) is 18.2 Å². The number of aliphatic hydroxyl groups is 1. The Hall–Kier alpha value is -1.91. The average Bonchev–Trinajstić information content (AvgIpc) is 2.55. The standard InChI is InChI=1S/C19H23FO3/c1-19(2,23-4)11-14-9-13(12-21)5-7-16(14)17-10-15(22-3)6-8-18(17)20/h5-10,21H,11-12H2,1-4H3. The van der Waals surface area contributed by atoms with Crippen molar-refractivity contribution in [2.24, 2.45) is 0 Å². The topological polar surface area (TPSA) is 38.7 Å².